The second kappa shape index (κ2) is 4.20. The van der Waals surface area contributed by atoms with E-state index in [0.717, 1.165) is 21.5 Å². The van der Waals surface area contributed by atoms with Gasteiger partial charge in [-0.3, -0.25) is 0 Å². The number of nitrogens with two attached hydrogens (primary N) is 1. The zero-order chi connectivity index (χ0) is 11.8. The van der Waals surface area contributed by atoms with Crippen molar-refractivity contribution in [1.29, 1.82) is 0 Å². The molecule has 0 radical (unpaired) electrons. The van der Waals surface area contributed by atoms with Crippen molar-refractivity contribution in [1.82, 2.24) is 10.2 Å². The van der Waals surface area contributed by atoms with Crippen molar-refractivity contribution in [3.05, 3.63) is 45.9 Å². The van der Waals surface area contributed by atoms with Crippen molar-refractivity contribution in [3.63, 3.8) is 0 Å². The van der Waals surface area contributed by atoms with E-state index in [2.05, 4.69) is 17.1 Å². The van der Waals surface area contributed by atoms with Gasteiger partial charge in [-0.05, 0) is 17.9 Å². The van der Waals surface area contributed by atoms with Crippen LogP contribution in [0.2, 0.25) is 0 Å². The summed E-state index contributed by atoms with van der Waals surface area (Å²) in [5.74, 6) is 1.40. The zero-order valence-electron chi connectivity index (χ0n) is 9.71. The monoisotopic (exact) mass is 245 g/mol. The van der Waals surface area contributed by atoms with Crippen LogP contribution in [-0.2, 0) is 0 Å². The highest BCUT2D eigenvalue weighted by Crippen LogP contribution is 2.48. The van der Waals surface area contributed by atoms with Crippen LogP contribution in [0.15, 0.2) is 30.3 Å². The summed E-state index contributed by atoms with van der Waals surface area (Å²) in [4.78, 5) is 0. The molecule has 0 saturated heterocycles. The molecule has 1 saturated carbocycles. The van der Waals surface area contributed by atoms with E-state index in [1.165, 1.54) is 6.42 Å². The molecule has 1 heterocycles. The smallest absolute Gasteiger partial charge is 0.138 e. The van der Waals surface area contributed by atoms with Gasteiger partial charge < -0.3 is 5.73 Å². The van der Waals surface area contributed by atoms with Gasteiger partial charge in [-0.1, -0.05) is 48.6 Å². The van der Waals surface area contributed by atoms with E-state index >= 15 is 0 Å². The highest BCUT2D eigenvalue weighted by Gasteiger charge is 2.37. The van der Waals surface area contributed by atoms with E-state index in [1.807, 2.05) is 30.3 Å². The summed E-state index contributed by atoms with van der Waals surface area (Å²) in [6.07, 6.45) is 1.25. The molecule has 4 heteroatoms. The number of benzene rings is 1. The van der Waals surface area contributed by atoms with Gasteiger partial charge in [-0.15, -0.1) is 10.2 Å². The molecular formula is C13H15N3S. The lowest BCUT2D eigenvalue weighted by Crippen LogP contribution is -2.11. The van der Waals surface area contributed by atoms with Gasteiger partial charge in [0.15, 0.2) is 0 Å². The molecule has 0 spiro atoms. The third kappa shape index (κ3) is 2.10. The summed E-state index contributed by atoms with van der Waals surface area (Å²) in [5, 5.41) is 10.6. The first-order valence-corrected chi connectivity index (χ1v) is 6.71. The van der Waals surface area contributed by atoms with Gasteiger partial charge >= 0.3 is 0 Å². The van der Waals surface area contributed by atoms with E-state index in [0.29, 0.717) is 5.92 Å². The summed E-state index contributed by atoms with van der Waals surface area (Å²) in [6.45, 7) is 2.25. The largest absolute Gasteiger partial charge is 0.318 e. The molecule has 1 aromatic carbocycles. The highest BCUT2D eigenvalue weighted by atomic mass is 32.1. The van der Waals surface area contributed by atoms with Gasteiger partial charge in [0.25, 0.3) is 0 Å². The Morgan fingerprint density at radius 3 is 2.65 bits per heavy atom. The molecule has 1 fully saturated rings. The maximum atomic E-state index is 6.19. The van der Waals surface area contributed by atoms with Crippen LogP contribution in [-0.4, -0.2) is 10.2 Å². The molecule has 1 aliphatic carbocycles. The first kappa shape index (κ1) is 10.9. The summed E-state index contributed by atoms with van der Waals surface area (Å²) < 4.78 is 0. The van der Waals surface area contributed by atoms with Crippen LogP contribution in [0.3, 0.4) is 0 Å². The van der Waals surface area contributed by atoms with Crippen molar-refractivity contribution in [2.75, 3.05) is 0 Å². The van der Waals surface area contributed by atoms with E-state index in [1.54, 1.807) is 11.3 Å². The Balaban J connectivity index is 1.82. The van der Waals surface area contributed by atoms with E-state index in [4.69, 9.17) is 5.73 Å². The van der Waals surface area contributed by atoms with E-state index in [9.17, 15) is 0 Å². The van der Waals surface area contributed by atoms with Crippen LogP contribution in [0.5, 0.6) is 0 Å². The van der Waals surface area contributed by atoms with Crippen LogP contribution >= 0.6 is 11.3 Å². The molecule has 1 aromatic heterocycles. The summed E-state index contributed by atoms with van der Waals surface area (Å²) in [6, 6.07) is 9.92. The molecule has 17 heavy (non-hydrogen) atoms. The Kier molecular flexibility index (Phi) is 2.68. The standard InChI is InChI=1S/C13H15N3S/c1-8-7-10(8)12-15-16-13(17-12)11(14)9-5-3-2-4-6-9/h2-6,8,10-11H,7,14H2,1H3. The van der Waals surface area contributed by atoms with Crippen molar-refractivity contribution in [3.8, 4) is 0 Å². The molecule has 0 bridgehead atoms. The second-order valence-electron chi connectivity index (χ2n) is 4.69. The normalized spacial score (nSPS) is 24.6. The van der Waals surface area contributed by atoms with Crippen LogP contribution in [0, 0.1) is 5.92 Å². The van der Waals surface area contributed by atoms with Crippen molar-refractivity contribution < 1.29 is 0 Å². The molecule has 88 valence electrons. The predicted octanol–water partition coefficient (Wildman–Crippen LogP) is 2.71. The lowest BCUT2D eigenvalue weighted by Gasteiger charge is -2.06. The van der Waals surface area contributed by atoms with Gasteiger partial charge in [-0.2, -0.15) is 0 Å². The fourth-order valence-electron chi connectivity index (χ4n) is 1.99. The molecule has 2 N–H and O–H groups in total. The van der Waals surface area contributed by atoms with Crippen molar-refractivity contribution in [2.45, 2.75) is 25.3 Å². The van der Waals surface area contributed by atoms with Gasteiger partial charge in [-0.25, -0.2) is 0 Å². The molecule has 3 atom stereocenters. The number of rotatable bonds is 3. The Hall–Kier alpha value is -1.26. The Bertz CT molecular complexity index is 508. The average molecular weight is 245 g/mol. The highest BCUT2D eigenvalue weighted by molar-refractivity contribution is 7.11. The topological polar surface area (TPSA) is 51.8 Å². The molecular weight excluding hydrogens is 230 g/mol. The van der Waals surface area contributed by atoms with Crippen LogP contribution in [0.1, 0.15) is 40.9 Å². The van der Waals surface area contributed by atoms with Gasteiger partial charge in [0.1, 0.15) is 10.0 Å². The lowest BCUT2D eigenvalue weighted by atomic mass is 10.1. The number of hydrogen-bond acceptors (Lipinski definition) is 4. The summed E-state index contributed by atoms with van der Waals surface area (Å²) >= 11 is 1.66. The fraction of sp³-hybridized carbons (Fsp3) is 0.385. The molecule has 0 amide bonds. The van der Waals surface area contributed by atoms with Crippen LogP contribution in [0.25, 0.3) is 0 Å². The van der Waals surface area contributed by atoms with Gasteiger partial charge in [0.05, 0.1) is 6.04 Å². The predicted molar refractivity (Wildman–Crippen MR) is 68.9 cm³/mol. The second-order valence-corrected chi connectivity index (χ2v) is 5.73. The molecule has 0 aliphatic heterocycles. The van der Waals surface area contributed by atoms with Gasteiger partial charge in [0, 0.05) is 5.92 Å². The quantitative estimate of drug-likeness (QED) is 0.904. The van der Waals surface area contributed by atoms with Crippen molar-refractivity contribution in [2.24, 2.45) is 11.7 Å². The number of aromatic nitrogens is 2. The SMILES string of the molecule is CC1CC1c1nnc(C(N)c2ccccc2)s1. The first-order valence-electron chi connectivity index (χ1n) is 5.89. The maximum Gasteiger partial charge on any atom is 0.138 e. The average Bonchev–Trinajstić information content (AvgIpc) is 2.92. The van der Waals surface area contributed by atoms with E-state index in [-0.39, 0.29) is 6.04 Å². The lowest BCUT2D eigenvalue weighted by molar-refractivity contribution is 0.815. The Morgan fingerprint density at radius 2 is 2.00 bits per heavy atom. The minimum atomic E-state index is -0.142. The van der Waals surface area contributed by atoms with Crippen molar-refractivity contribution >= 4 is 11.3 Å². The maximum absolute atomic E-state index is 6.19. The molecule has 2 aromatic rings. The zero-order valence-corrected chi connectivity index (χ0v) is 10.5. The first-order chi connectivity index (χ1) is 8.25. The fourth-order valence-corrected chi connectivity index (χ4v) is 3.11. The number of nitrogens with zero attached hydrogens (tertiary/aromatic N) is 2. The third-order valence-corrected chi connectivity index (χ3v) is 4.45. The molecule has 3 nitrogen and oxygen atoms in total. The van der Waals surface area contributed by atoms with Gasteiger partial charge in [0.2, 0.25) is 0 Å². The number of hydrogen-bond donors (Lipinski definition) is 1. The van der Waals surface area contributed by atoms with E-state index < -0.39 is 0 Å². The third-order valence-electron chi connectivity index (χ3n) is 3.31. The van der Waals surface area contributed by atoms with Crippen LogP contribution in [0.4, 0.5) is 0 Å². The Labute approximate surface area is 105 Å². The molecule has 1 aliphatic rings. The minimum Gasteiger partial charge on any atom is -0.318 e. The Morgan fingerprint density at radius 1 is 1.29 bits per heavy atom. The summed E-state index contributed by atoms with van der Waals surface area (Å²) in [5.41, 5.74) is 7.29. The van der Waals surface area contributed by atoms with Crippen LogP contribution < -0.4 is 5.73 Å². The molecule has 3 rings (SSSR count). The summed E-state index contributed by atoms with van der Waals surface area (Å²) in [7, 11) is 0. The minimum absolute atomic E-state index is 0.142. The molecule has 3 unspecified atom stereocenters.